The standard InChI is InChI=1S/C20H22ClN3O/c21-18-6-3-7-19(14-18)22-10-12-23(13-11-22)20(25)24-9-8-16-4-1-2-5-17(16)15-24/h1-7,14H,8-13,15H2. The average Bonchev–Trinajstić information content (AvgIpc) is 2.67. The van der Waals surface area contributed by atoms with Crippen LogP contribution in [0.15, 0.2) is 48.5 Å². The van der Waals surface area contributed by atoms with Gasteiger partial charge in [-0.25, -0.2) is 4.79 Å². The molecule has 4 rings (SSSR count). The van der Waals surface area contributed by atoms with E-state index in [1.54, 1.807) is 0 Å². The van der Waals surface area contributed by atoms with E-state index in [-0.39, 0.29) is 6.03 Å². The van der Waals surface area contributed by atoms with Crippen molar-refractivity contribution >= 4 is 23.3 Å². The average molecular weight is 356 g/mol. The summed E-state index contributed by atoms with van der Waals surface area (Å²) < 4.78 is 0. The summed E-state index contributed by atoms with van der Waals surface area (Å²) in [5.74, 6) is 0. The third-order valence-electron chi connectivity index (χ3n) is 5.12. The van der Waals surface area contributed by atoms with E-state index < -0.39 is 0 Å². The molecule has 130 valence electrons. The number of urea groups is 1. The molecule has 5 heteroatoms. The van der Waals surface area contributed by atoms with Crippen molar-refractivity contribution in [2.75, 3.05) is 37.6 Å². The topological polar surface area (TPSA) is 26.8 Å². The number of carbonyl (C=O) groups is 1. The van der Waals surface area contributed by atoms with Crippen LogP contribution >= 0.6 is 11.6 Å². The number of hydrogen-bond donors (Lipinski definition) is 0. The molecule has 2 aromatic rings. The minimum Gasteiger partial charge on any atom is -0.368 e. The van der Waals surface area contributed by atoms with Crippen LogP contribution in [0, 0.1) is 0 Å². The Bertz CT molecular complexity index is 771. The van der Waals surface area contributed by atoms with Crippen LogP contribution in [0.1, 0.15) is 11.1 Å². The Labute approximate surface area is 153 Å². The fourth-order valence-electron chi connectivity index (χ4n) is 3.69. The smallest absolute Gasteiger partial charge is 0.320 e. The second-order valence-electron chi connectivity index (χ2n) is 6.68. The molecule has 2 aliphatic heterocycles. The molecule has 0 spiro atoms. The van der Waals surface area contributed by atoms with E-state index in [2.05, 4.69) is 35.2 Å². The first-order valence-electron chi connectivity index (χ1n) is 8.82. The molecular formula is C20H22ClN3O. The third-order valence-corrected chi connectivity index (χ3v) is 5.36. The van der Waals surface area contributed by atoms with Gasteiger partial charge in [0.2, 0.25) is 0 Å². The number of piperazine rings is 1. The second kappa shape index (κ2) is 6.96. The molecule has 2 aliphatic rings. The number of nitrogens with zero attached hydrogens (tertiary/aromatic N) is 3. The Morgan fingerprint density at radius 1 is 0.840 bits per heavy atom. The lowest BCUT2D eigenvalue weighted by atomic mass is 10.0. The van der Waals surface area contributed by atoms with Crippen molar-refractivity contribution in [2.24, 2.45) is 0 Å². The molecule has 4 nitrogen and oxygen atoms in total. The Morgan fingerprint density at radius 2 is 1.60 bits per heavy atom. The first-order valence-corrected chi connectivity index (χ1v) is 9.20. The molecule has 2 amide bonds. The van der Waals surface area contributed by atoms with Crippen molar-refractivity contribution in [3.05, 3.63) is 64.7 Å². The van der Waals surface area contributed by atoms with E-state index >= 15 is 0 Å². The molecule has 0 aliphatic carbocycles. The van der Waals surface area contributed by atoms with E-state index in [1.165, 1.54) is 11.1 Å². The van der Waals surface area contributed by atoms with Crippen LogP contribution in [0.4, 0.5) is 10.5 Å². The summed E-state index contributed by atoms with van der Waals surface area (Å²) in [5.41, 5.74) is 3.78. The van der Waals surface area contributed by atoms with E-state index in [9.17, 15) is 4.79 Å². The molecule has 25 heavy (non-hydrogen) atoms. The van der Waals surface area contributed by atoms with Gasteiger partial charge in [-0.2, -0.15) is 0 Å². The zero-order valence-corrected chi connectivity index (χ0v) is 15.0. The van der Waals surface area contributed by atoms with Gasteiger partial charge in [-0.1, -0.05) is 41.9 Å². The second-order valence-corrected chi connectivity index (χ2v) is 7.11. The maximum absolute atomic E-state index is 12.9. The molecule has 2 aromatic carbocycles. The van der Waals surface area contributed by atoms with Gasteiger partial charge < -0.3 is 14.7 Å². The van der Waals surface area contributed by atoms with Crippen molar-refractivity contribution in [3.63, 3.8) is 0 Å². The Kier molecular flexibility index (Phi) is 4.53. The van der Waals surface area contributed by atoms with Gasteiger partial charge in [-0.3, -0.25) is 0 Å². The summed E-state index contributed by atoms with van der Waals surface area (Å²) in [6, 6.07) is 16.5. The molecule has 0 bridgehead atoms. The van der Waals surface area contributed by atoms with Crippen LogP contribution in [0.5, 0.6) is 0 Å². The van der Waals surface area contributed by atoms with Gasteiger partial charge in [-0.15, -0.1) is 0 Å². The highest BCUT2D eigenvalue weighted by molar-refractivity contribution is 6.30. The molecule has 2 heterocycles. The molecule has 0 saturated carbocycles. The van der Waals surface area contributed by atoms with Gasteiger partial charge in [0.25, 0.3) is 0 Å². The predicted octanol–water partition coefficient (Wildman–Crippen LogP) is 3.64. The Morgan fingerprint density at radius 3 is 2.36 bits per heavy atom. The quantitative estimate of drug-likeness (QED) is 0.780. The molecule has 0 radical (unpaired) electrons. The zero-order chi connectivity index (χ0) is 17.2. The lowest BCUT2D eigenvalue weighted by Crippen LogP contribution is -2.53. The summed E-state index contributed by atoms with van der Waals surface area (Å²) in [6.45, 7) is 4.73. The van der Waals surface area contributed by atoms with Crippen molar-refractivity contribution < 1.29 is 4.79 Å². The van der Waals surface area contributed by atoms with Crippen LogP contribution in [0.2, 0.25) is 5.02 Å². The van der Waals surface area contributed by atoms with Crippen LogP contribution in [0.3, 0.4) is 0 Å². The number of benzene rings is 2. The number of hydrogen-bond acceptors (Lipinski definition) is 2. The highest BCUT2D eigenvalue weighted by atomic mass is 35.5. The van der Waals surface area contributed by atoms with Crippen molar-refractivity contribution in [3.8, 4) is 0 Å². The normalized spacial score (nSPS) is 17.4. The summed E-state index contributed by atoms with van der Waals surface area (Å²) >= 11 is 6.09. The van der Waals surface area contributed by atoms with Crippen molar-refractivity contribution in [1.29, 1.82) is 0 Å². The number of rotatable bonds is 1. The number of amides is 2. The third kappa shape index (κ3) is 3.45. The van der Waals surface area contributed by atoms with Crippen LogP contribution in [-0.2, 0) is 13.0 Å². The molecule has 0 atom stereocenters. The zero-order valence-electron chi connectivity index (χ0n) is 14.2. The van der Waals surface area contributed by atoms with E-state index in [4.69, 9.17) is 11.6 Å². The van der Waals surface area contributed by atoms with Gasteiger partial charge in [0, 0.05) is 50.0 Å². The fraction of sp³-hybridized carbons (Fsp3) is 0.350. The van der Waals surface area contributed by atoms with Crippen LogP contribution in [0.25, 0.3) is 0 Å². The molecular weight excluding hydrogens is 334 g/mol. The fourth-order valence-corrected chi connectivity index (χ4v) is 3.87. The molecule has 0 unspecified atom stereocenters. The van der Waals surface area contributed by atoms with Gasteiger partial charge in [-0.05, 0) is 35.7 Å². The maximum Gasteiger partial charge on any atom is 0.320 e. The lowest BCUT2D eigenvalue weighted by Gasteiger charge is -2.39. The first-order chi connectivity index (χ1) is 12.2. The molecule has 1 fully saturated rings. The summed E-state index contributed by atoms with van der Waals surface area (Å²) in [4.78, 5) is 19.1. The Hall–Kier alpha value is -2.20. The largest absolute Gasteiger partial charge is 0.368 e. The summed E-state index contributed by atoms with van der Waals surface area (Å²) in [6.07, 6.45) is 0.949. The molecule has 0 N–H and O–H groups in total. The number of anilines is 1. The predicted molar refractivity (Wildman–Crippen MR) is 101 cm³/mol. The van der Waals surface area contributed by atoms with Crippen molar-refractivity contribution in [1.82, 2.24) is 9.80 Å². The molecule has 0 aromatic heterocycles. The van der Waals surface area contributed by atoms with Crippen LogP contribution in [-0.4, -0.2) is 48.6 Å². The molecule has 1 saturated heterocycles. The monoisotopic (exact) mass is 355 g/mol. The van der Waals surface area contributed by atoms with Gasteiger partial charge in [0.1, 0.15) is 0 Å². The summed E-state index contributed by atoms with van der Waals surface area (Å²) in [7, 11) is 0. The number of halogens is 1. The summed E-state index contributed by atoms with van der Waals surface area (Å²) in [5, 5.41) is 0.753. The SMILES string of the molecule is O=C(N1CCN(c2cccc(Cl)c2)CC1)N1CCc2ccccc2C1. The van der Waals surface area contributed by atoms with Gasteiger partial charge in [0.15, 0.2) is 0 Å². The number of carbonyl (C=O) groups excluding carboxylic acids is 1. The van der Waals surface area contributed by atoms with E-state index in [0.717, 1.165) is 56.4 Å². The van der Waals surface area contributed by atoms with Crippen LogP contribution < -0.4 is 4.90 Å². The first kappa shape index (κ1) is 16.3. The Balaban J connectivity index is 1.37. The maximum atomic E-state index is 12.9. The van der Waals surface area contributed by atoms with Gasteiger partial charge in [0.05, 0.1) is 0 Å². The minimum absolute atomic E-state index is 0.167. The van der Waals surface area contributed by atoms with Crippen molar-refractivity contribution in [2.45, 2.75) is 13.0 Å². The van der Waals surface area contributed by atoms with E-state index in [0.29, 0.717) is 0 Å². The minimum atomic E-state index is 0.167. The van der Waals surface area contributed by atoms with E-state index in [1.807, 2.05) is 28.0 Å². The highest BCUT2D eigenvalue weighted by Crippen LogP contribution is 2.23. The lowest BCUT2D eigenvalue weighted by molar-refractivity contribution is 0.145. The highest BCUT2D eigenvalue weighted by Gasteiger charge is 2.27. The number of fused-ring (bicyclic) bond motifs is 1. The van der Waals surface area contributed by atoms with Gasteiger partial charge >= 0.3 is 6.03 Å².